The quantitative estimate of drug-likeness (QED) is 0.795. The Kier molecular flexibility index (Phi) is 5.98. The van der Waals surface area contributed by atoms with E-state index in [1.807, 2.05) is 30.3 Å². The van der Waals surface area contributed by atoms with E-state index in [1.165, 1.54) is 0 Å². The van der Waals surface area contributed by atoms with Crippen LogP contribution < -0.4 is 0 Å². The predicted molar refractivity (Wildman–Crippen MR) is 76.3 cm³/mol. The van der Waals surface area contributed by atoms with Crippen LogP contribution in [-0.2, 0) is 20.8 Å². The molecule has 1 aliphatic heterocycles. The highest BCUT2D eigenvalue weighted by Gasteiger charge is 2.40. The number of hydrogen-bond acceptors (Lipinski definition) is 4. The van der Waals surface area contributed by atoms with E-state index in [9.17, 15) is 0 Å². The third kappa shape index (κ3) is 4.28. The Morgan fingerprint density at radius 2 is 2.15 bits per heavy atom. The van der Waals surface area contributed by atoms with Crippen LogP contribution in [0.15, 0.2) is 30.3 Å². The summed E-state index contributed by atoms with van der Waals surface area (Å²) < 4.78 is 17.1. The molecule has 1 aliphatic rings. The minimum absolute atomic E-state index is 0.144. The molecule has 1 fully saturated rings. The van der Waals surface area contributed by atoms with Gasteiger partial charge in [-0.25, -0.2) is 0 Å². The van der Waals surface area contributed by atoms with Gasteiger partial charge in [-0.15, -0.1) is 0 Å². The third-order valence-electron chi connectivity index (χ3n) is 3.75. The summed E-state index contributed by atoms with van der Waals surface area (Å²) in [6, 6.07) is 10.1. The van der Waals surface area contributed by atoms with E-state index in [0.717, 1.165) is 31.2 Å². The molecule has 4 heteroatoms. The summed E-state index contributed by atoms with van der Waals surface area (Å²) in [6.45, 7) is 1.31. The molecule has 0 radical (unpaired) electrons. The summed E-state index contributed by atoms with van der Waals surface area (Å²) in [5.74, 6) is 0. The highest BCUT2D eigenvalue weighted by Crippen LogP contribution is 2.35. The molecular weight excluding hydrogens is 256 g/mol. The van der Waals surface area contributed by atoms with Gasteiger partial charge >= 0.3 is 0 Å². The zero-order chi connectivity index (χ0) is 14.3. The van der Waals surface area contributed by atoms with Gasteiger partial charge in [0.2, 0.25) is 0 Å². The number of aliphatic hydroxyl groups is 1. The van der Waals surface area contributed by atoms with Crippen LogP contribution in [0, 0.1) is 0 Å². The van der Waals surface area contributed by atoms with Gasteiger partial charge in [-0.2, -0.15) is 0 Å². The van der Waals surface area contributed by atoms with Gasteiger partial charge in [0.25, 0.3) is 0 Å². The standard InChI is InChI=1S/C16H24O4/c1-18-15-8-10-16(20-15,9-5-11-17)13-19-12-14-6-3-2-4-7-14/h2-4,6-7,15,17H,5,8-13H2,1H3/t15-,16+/m0/s1. The summed E-state index contributed by atoms with van der Waals surface area (Å²) in [4.78, 5) is 0. The Bertz CT molecular complexity index is 381. The number of rotatable bonds is 8. The number of benzene rings is 1. The van der Waals surface area contributed by atoms with E-state index in [-0.39, 0.29) is 18.5 Å². The van der Waals surface area contributed by atoms with Crippen molar-refractivity contribution < 1.29 is 19.3 Å². The molecule has 1 heterocycles. The van der Waals surface area contributed by atoms with Crippen LogP contribution in [0.25, 0.3) is 0 Å². The maximum atomic E-state index is 9.04. The van der Waals surface area contributed by atoms with E-state index >= 15 is 0 Å². The Morgan fingerprint density at radius 3 is 2.80 bits per heavy atom. The lowest BCUT2D eigenvalue weighted by atomic mass is 9.95. The molecule has 0 amide bonds. The topological polar surface area (TPSA) is 47.9 Å². The molecule has 1 aromatic rings. The van der Waals surface area contributed by atoms with E-state index in [1.54, 1.807) is 7.11 Å². The van der Waals surface area contributed by atoms with Gasteiger partial charge in [0.1, 0.15) is 0 Å². The Labute approximate surface area is 120 Å². The van der Waals surface area contributed by atoms with Crippen molar-refractivity contribution in [2.75, 3.05) is 20.3 Å². The molecule has 0 spiro atoms. The molecule has 20 heavy (non-hydrogen) atoms. The number of ether oxygens (including phenoxy) is 3. The monoisotopic (exact) mass is 280 g/mol. The highest BCUT2D eigenvalue weighted by molar-refractivity contribution is 5.13. The first-order chi connectivity index (χ1) is 9.78. The van der Waals surface area contributed by atoms with Crippen molar-refractivity contribution in [3.8, 4) is 0 Å². The SMILES string of the molecule is CO[C@@H]1CC[C@](CCCO)(COCc2ccccc2)O1. The van der Waals surface area contributed by atoms with Gasteiger partial charge in [0, 0.05) is 20.1 Å². The first kappa shape index (κ1) is 15.4. The first-order valence-electron chi connectivity index (χ1n) is 7.21. The molecule has 1 saturated heterocycles. The molecule has 2 rings (SSSR count). The molecule has 1 aromatic carbocycles. The van der Waals surface area contributed by atoms with Crippen LogP contribution in [0.3, 0.4) is 0 Å². The van der Waals surface area contributed by atoms with Gasteiger partial charge in [-0.05, 0) is 24.8 Å². The largest absolute Gasteiger partial charge is 0.396 e. The fraction of sp³-hybridized carbons (Fsp3) is 0.625. The normalized spacial score (nSPS) is 26.0. The lowest BCUT2D eigenvalue weighted by molar-refractivity contribution is -0.177. The number of methoxy groups -OCH3 is 1. The average Bonchev–Trinajstić information content (AvgIpc) is 2.90. The minimum Gasteiger partial charge on any atom is -0.396 e. The van der Waals surface area contributed by atoms with E-state index in [2.05, 4.69) is 0 Å². The zero-order valence-electron chi connectivity index (χ0n) is 12.1. The summed E-state index contributed by atoms with van der Waals surface area (Å²) >= 11 is 0. The Hall–Kier alpha value is -0.940. The molecule has 112 valence electrons. The van der Waals surface area contributed by atoms with Crippen LogP contribution in [0.1, 0.15) is 31.2 Å². The van der Waals surface area contributed by atoms with Gasteiger partial charge in [-0.1, -0.05) is 30.3 Å². The third-order valence-corrected chi connectivity index (χ3v) is 3.75. The maximum absolute atomic E-state index is 9.04. The second kappa shape index (κ2) is 7.74. The van der Waals surface area contributed by atoms with Crippen molar-refractivity contribution in [3.05, 3.63) is 35.9 Å². The van der Waals surface area contributed by atoms with E-state index < -0.39 is 0 Å². The van der Waals surface area contributed by atoms with Crippen LogP contribution in [0.2, 0.25) is 0 Å². The first-order valence-corrected chi connectivity index (χ1v) is 7.21. The molecule has 0 aliphatic carbocycles. The van der Waals surface area contributed by atoms with Crippen molar-refractivity contribution in [1.29, 1.82) is 0 Å². The van der Waals surface area contributed by atoms with Crippen molar-refractivity contribution in [2.45, 2.75) is 44.2 Å². The molecule has 4 nitrogen and oxygen atoms in total. The molecular formula is C16H24O4. The fourth-order valence-corrected chi connectivity index (χ4v) is 2.64. The molecule has 0 unspecified atom stereocenters. The van der Waals surface area contributed by atoms with Crippen LogP contribution in [-0.4, -0.2) is 37.3 Å². The second-order valence-electron chi connectivity index (χ2n) is 5.31. The van der Waals surface area contributed by atoms with Crippen LogP contribution in [0.5, 0.6) is 0 Å². The molecule has 2 atom stereocenters. The lowest BCUT2D eigenvalue weighted by Crippen LogP contribution is -2.35. The lowest BCUT2D eigenvalue weighted by Gasteiger charge is -2.29. The average molecular weight is 280 g/mol. The van der Waals surface area contributed by atoms with Crippen molar-refractivity contribution >= 4 is 0 Å². The molecule has 0 aromatic heterocycles. The van der Waals surface area contributed by atoms with Crippen molar-refractivity contribution in [2.24, 2.45) is 0 Å². The zero-order valence-corrected chi connectivity index (χ0v) is 12.1. The maximum Gasteiger partial charge on any atom is 0.158 e. The van der Waals surface area contributed by atoms with Crippen molar-refractivity contribution in [1.82, 2.24) is 0 Å². The van der Waals surface area contributed by atoms with Gasteiger partial charge in [-0.3, -0.25) is 0 Å². The predicted octanol–water partition coefficient (Wildman–Crippen LogP) is 2.50. The molecule has 0 saturated carbocycles. The summed E-state index contributed by atoms with van der Waals surface area (Å²) in [7, 11) is 1.66. The van der Waals surface area contributed by atoms with Crippen LogP contribution in [0.4, 0.5) is 0 Å². The molecule has 0 bridgehead atoms. The highest BCUT2D eigenvalue weighted by atomic mass is 16.7. The fourth-order valence-electron chi connectivity index (χ4n) is 2.64. The van der Waals surface area contributed by atoms with Gasteiger partial charge in [0.15, 0.2) is 6.29 Å². The smallest absolute Gasteiger partial charge is 0.158 e. The van der Waals surface area contributed by atoms with E-state index in [4.69, 9.17) is 19.3 Å². The number of aliphatic hydroxyl groups excluding tert-OH is 1. The number of hydrogen-bond donors (Lipinski definition) is 1. The Morgan fingerprint density at radius 1 is 1.35 bits per heavy atom. The summed E-state index contributed by atoms with van der Waals surface area (Å²) in [5.41, 5.74) is 0.851. The van der Waals surface area contributed by atoms with E-state index in [0.29, 0.717) is 13.2 Å². The molecule has 1 N–H and O–H groups in total. The summed E-state index contributed by atoms with van der Waals surface area (Å²) in [6.07, 6.45) is 3.19. The van der Waals surface area contributed by atoms with Gasteiger partial charge < -0.3 is 19.3 Å². The minimum atomic E-state index is -0.307. The Balaban J connectivity index is 1.85. The van der Waals surface area contributed by atoms with Gasteiger partial charge in [0.05, 0.1) is 18.8 Å². The van der Waals surface area contributed by atoms with Crippen LogP contribution >= 0.6 is 0 Å². The van der Waals surface area contributed by atoms with Crippen molar-refractivity contribution in [3.63, 3.8) is 0 Å². The second-order valence-corrected chi connectivity index (χ2v) is 5.31. The summed E-state index contributed by atoms with van der Waals surface area (Å²) in [5, 5.41) is 9.04.